The zero-order valence-electron chi connectivity index (χ0n) is 6.45. The Morgan fingerprint density at radius 1 is 1.36 bits per heavy atom. The summed E-state index contributed by atoms with van der Waals surface area (Å²) in [7, 11) is 0. The summed E-state index contributed by atoms with van der Waals surface area (Å²) in [5.41, 5.74) is 0.374. The lowest BCUT2D eigenvalue weighted by Gasteiger charge is -2.25. The summed E-state index contributed by atoms with van der Waals surface area (Å²) in [6.07, 6.45) is 7.56. The standard InChI is InChI=1S/C9H12O2/c1-2-8-9(3-4-10-6-9)5-7(1)11-8/h1-2,7-8H,3-6H2. The minimum Gasteiger partial charge on any atom is -0.381 e. The van der Waals surface area contributed by atoms with Crippen LogP contribution < -0.4 is 0 Å². The second-order valence-electron chi connectivity index (χ2n) is 3.85. The van der Waals surface area contributed by atoms with Crippen LogP contribution in [-0.2, 0) is 9.47 Å². The summed E-state index contributed by atoms with van der Waals surface area (Å²) in [5, 5.41) is 0. The predicted molar refractivity (Wildman–Crippen MR) is 40.3 cm³/mol. The predicted octanol–water partition coefficient (Wildman–Crippen LogP) is 1.12. The molecule has 3 rings (SSSR count). The van der Waals surface area contributed by atoms with E-state index in [1.165, 1.54) is 12.8 Å². The van der Waals surface area contributed by atoms with Crippen molar-refractivity contribution in [1.82, 2.24) is 0 Å². The van der Waals surface area contributed by atoms with Crippen molar-refractivity contribution >= 4 is 0 Å². The minimum atomic E-state index is 0.370. The molecule has 0 aromatic rings. The van der Waals surface area contributed by atoms with Crippen molar-refractivity contribution in [1.29, 1.82) is 0 Å². The molecule has 2 bridgehead atoms. The number of hydrogen-bond donors (Lipinski definition) is 0. The van der Waals surface area contributed by atoms with Crippen molar-refractivity contribution in [3.63, 3.8) is 0 Å². The molecule has 2 fully saturated rings. The molecule has 0 saturated carbocycles. The van der Waals surface area contributed by atoms with Gasteiger partial charge in [0.25, 0.3) is 0 Å². The number of ether oxygens (including phenoxy) is 2. The Bertz CT molecular complexity index is 204. The van der Waals surface area contributed by atoms with E-state index in [-0.39, 0.29) is 0 Å². The summed E-state index contributed by atoms with van der Waals surface area (Å²) in [4.78, 5) is 0. The molecule has 3 aliphatic heterocycles. The Morgan fingerprint density at radius 3 is 2.91 bits per heavy atom. The van der Waals surface area contributed by atoms with Gasteiger partial charge in [-0.3, -0.25) is 0 Å². The fourth-order valence-corrected chi connectivity index (χ4v) is 2.49. The summed E-state index contributed by atoms with van der Waals surface area (Å²) < 4.78 is 11.1. The van der Waals surface area contributed by atoms with Crippen LogP contribution >= 0.6 is 0 Å². The Labute approximate surface area is 66.2 Å². The average molecular weight is 152 g/mol. The zero-order valence-corrected chi connectivity index (χ0v) is 6.45. The first-order valence-electron chi connectivity index (χ1n) is 4.31. The maximum atomic E-state index is 5.72. The lowest BCUT2D eigenvalue weighted by Crippen LogP contribution is -2.30. The molecule has 0 aromatic carbocycles. The average Bonchev–Trinajstić information content (AvgIpc) is 2.64. The van der Waals surface area contributed by atoms with Gasteiger partial charge in [-0.2, -0.15) is 0 Å². The molecule has 0 N–H and O–H groups in total. The normalized spacial score (nSPS) is 53.1. The van der Waals surface area contributed by atoms with Crippen LogP contribution in [0, 0.1) is 5.41 Å². The molecule has 3 unspecified atom stereocenters. The van der Waals surface area contributed by atoms with Crippen LogP contribution in [0.3, 0.4) is 0 Å². The first kappa shape index (κ1) is 6.21. The third-order valence-electron chi connectivity index (χ3n) is 3.17. The van der Waals surface area contributed by atoms with Gasteiger partial charge in [-0.05, 0) is 12.8 Å². The Balaban J connectivity index is 1.94. The van der Waals surface area contributed by atoms with Gasteiger partial charge in [-0.1, -0.05) is 12.2 Å². The highest BCUT2D eigenvalue weighted by Crippen LogP contribution is 2.48. The topological polar surface area (TPSA) is 18.5 Å². The molecule has 11 heavy (non-hydrogen) atoms. The molecule has 1 spiro atoms. The van der Waals surface area contributed by atoms with Gasteiger partial charge in [-0.15, -0.1) is 0 Å². The second-order valence-corrected chi connectivity index (χ2v) is 3.85. The zero-order chi connectivity index (χ0) is 7.31. The largest absolute Gasteiger partial charge is 0.381 e. The summed E-state index contributed by atoms with van der Waals surface area (Å²) >= 11 is 0. The second kappa shape index (κ2) is 1.87. The number of fused-ring (bicyclic) bond motifs is 3. The van der Waals surface area contributed by atoms with Crippen molar-refractivity contribution in [3.8, 4) is 0 Å². The van der Waals surface area contributed by atoms with Gasteiger partial charge in [0, 0.05) is 12.0 Å². The van der Waals surface area contributed by atoms with Gasteiger partial charge in [0.2, 0.25) is 0 Å². The molecular formula is C9H12O2. The third-order valence-corrected chi connectivity index (χ3v) is 3.17. The molecule has 3 heterocycles. The van der Waals surface area contributed by atoms with Crippen LogP contribution in [0.5, 0.6) is 0 Å². The highest BCUT2D eigenvalue weighted by Gasteiger charge is 2.51. The molecule has 0 radical (unpaired) electrons. The third kappa shape index (κ3) is 0.690. The molecular weight excluding hydrogens is 140 g/mol. The monoisotopic (exact) mass is 152 g/mol. The molecule has 2 saturated heterocycles. The van der Waals surface area contributed by atoms with Gasteiger partial charge in [0.1, 0.15) is 0 Å². The van der Waals surface area contributed by atoms with Crippen molar-refractivity contribution in [2.45, 2.75) is 25.0 Å². The van der Waals surface area contributed by atoms with E-state index in [1.807, 2.05) is 0 Å². The van der Waals surface area contributed by atoms with E-state index in [9.17, 15) is 0 Å². The molecule has 3 atom stereocenters. The van der Waals surface area contributed by atoms with Crippen LogP contribution in [0.2, 0.25) is 0 Å². The van der Waals surface area contributed by atoms with Gasteiger partial charge < -0.3 is 9.47 Å². The lowest BCUT2D eigenvalue weighted by atomic mass is 9.76. The maximum absolute atomic E-state index is 5.72. The first-order valence-corrected chi connectivity index (χ1v) is 4.31. The van der Waals surface area contributed by atoms with Crippen LogP contribution in [0.4, 0.5) is 0 Å². The van der Waals surface area contributed by atoms with Crippen LogP contribution in [0.15, 0.2) is 12.2 Å². The summed E-state index contributed by atoms with van der Waals surface area (Å²) in [6, 6.07) is 0. The van der Waals surface area contributed by atoms with E-state index < -0.39 is 0 Å². The van der Waals surface area contributed by atoms with E-state index in [1.54, 1.807) is 0 Å². The van der Waals surface area contributed by atoms with Gasteiger partial charge in [0.05, 0.1) is 18.8 Å². The Kier molecular flexibility index (Phi) is 1.06. The molecule has 60 valence electrons. The molecule has 2 heteroatoms. The van der Waals surface area contributed by atoms with Crippen LogP contribution in [-0.4, -0.2) is 25.4 Å². The molecule has 0 aromatic heterocycles. The first-order chi connectivity index (χ1) is 5.39. The molecule has 0 aliphatic carbocycles. The van der Waals surface area contributed by atoms with E-state index >= 15 is 0 Å². The van der Waals surface area contributed by atoms with E-state index in [2.05, 4.69) is 12.2 Å². The summed E-state index contributed by atoms with van der Waals surface area (Å²) in [5.74, 6) is 0. The minimum absolute atomic E-state index is 0.370. The SMILES string of the molecule is C1=CC2OC1CC21CCOC1. The molecule has 0 amide bonds. The Hall–Kier alpha value is -0.340. The fraction of sp³-hybridized carbons (Fsp3) is 0.778. The number of rotatable bonds is 0. The number of hydrogen-bond acceptors (Lipinski definition) is 2. The summed E-state index contributed by atoms with van der Waals surface area (Å²) in [6.45, 7) is 1.85. The van der Waals surface area contributed by atoms with Crippen molar-refractivity contribution in [2.24, 2.45) is 5.41 Å². The lowest BCUT2D eigenvalue weighted by molar-refractivity contribution is 0.0689. The van der Waals surface area contributed by atoms with Gasteiger partial charge in [-0.25, -0.2) is 0 Å². The van der Waals surface area contributed by atoms with Crippen molar-refractivity contribution in [3.05, 3.63) is 12.2 Å². The van der Waals surface area contributed by atoms with E-state index in [4.69, 9.17) is 9.47 Å². The fourth-order valence-electron chi connectivity index (χ4n) is 2.49. The van der Waals surface area contributed by atoms with Crippen molar-refractivity contribution < 1.29 is 9.47 Å². The van der Waals surface area contributed by atoms with E-state index in [0.29, 0.717) is 17.6 Å². The highest BCUT2D eigenvalue weighted by molar-refractivity contribution is 5.17. The van der Waals surface area contributed by atoms with Crippen molar-refractivity contribution in [2.75, 3.05) is 13.2 Å². The van der Waals surface area contributed by atoms with Gasteiger partial charge >= 0.3 is 0 Å². The molecule has 3 aliphatic rings. The quantitative estimate of drug-likeness (QED) is 0.484. The highest BCUT2D eigenvalue weighted by atomic mass is 16.5. The smallest absolute Gasteiger partial charge is 0.0845 e. The van der Waals surface area contributed by atoms with Crippen LogP contribution in [0.1, 0.15) is 12.8 Å². The molecule has 2 nitrogen and oxygen atoms in total. The Morgan fingerprint density at radius 2 is 2.36 bits per heavy atom. The maximum Gasteiger partial charge on any atom is 0.0845 e. The van der Waals surface area contributed by atoms with Crippen LogP contribution in [0.25, 0.3) is 0 Å². The van der Waals surface area contributed by atoms with Gasteiger partial charge in [0.15, 0.2) is 0 Å². The van der Waals surface area contributed by atoms with E-state index in [0.717, 1.165) is 13.2 Å².